The molecule has 0 atom stereocenters. The minimum Gasteiger partial charge on any atom is -0.493 e. The van der Waals surface area contributed by atoms with Crippen molar-refractivity contribution in [3.63, 3.8) is 0 Å². The number of imidazole rings is 1. The third-order valence-corrected chi connectivity index (χ3v) is 3.65. The average molecular weight is 325 g/mol. The number of nitrogens with zero attached hydrogens (tertiary/aromatic N) is 1. The topological polar surface area (TPSA) is 76.2 Å². The zero-order chi connectivity index (χ0) is 16.8. The maximum absolute atomic E-state index is 11.9. The number of aromatic amines is 1. The summed E-state index contributed by atoms with van der Waals surface area (Å²) in [6.45, 7) is 0.508. The van der Waals surface area contributed by atoms with Gasteiger partial charge in [-0.25, -0.2) is 4.98 Å². The van der Waals surface area contributed by atoms with Gasteiger partial charge in [-0.15, -0.1) is 0 Å². The summed E-state index contributed by atoms with van der Waals surface area (Å²) in [4.78, 5) is 19.1. The average Bonchev–Trinajstić information content (AvgIpc) is 3.08. The van der Waals surface area contributed by atoms with E-state index >= 15 is 0 Å². The highest BCUT2D eigenvalue weighted by Gasteiger charge is 2.06. The number of hydrogen-bond donors (Lipinski definition) is 2. The molecule has 2 aromatic carbocycles. The minimum atomic E-state index is -0.163. The smallest absolute Gasteiger partial charge is 0.257 e. The molecular weight excluding hydrogens is 306 g/mol. The number of amides is 1. The first-order chi connectivity index (χ1) is 11.8. The van der Waals surface area contributed by atoms with Gasteiger partial charge in [0.1, 0.15) is 0 Å². The van der Waals surface area contributed by atoms with Crippen LogP contribution in [0.3, 0.4) is 0 Å². The number of carbonyl (C=O) groups excluding carboxylic acids is 1. The molecule has 0 saturated heterocycles. The number of methoxy groups -OCH3 is 1. The highest BCUT2D eigenvalue weighted by molar-refractivity contribution is 5.77. The zero-order valence-corrected chi connectivity index (χ0v) is 13.4. The fourth-order valence-corrected chi connectivity index (χ4v) is 2.42. The summed E-state index contributed by atoms with van der Waals surface area (Å²) in [5.41, 5.74) is 3.07. The van der Waals surface area contributed by atoms with Crippen LogP contribution in [0, 0.1) is 0 Å². The van der Waals surface area contributed by atoms with E-state index in [1.807, 2.05) is 30.3 Å². The lowest BCUT2D eigenvalue weighted by atomic mass is 10.1. The lowest BCUT2D eigenvalue weighted by Crippen LogP contribution is -2.30. The molecule has 0 aliphatic carbocycles. The van der Waals surface area contributed by atoms with Gasteiger partial charge in [-0.2, -0.15) is 0 Å². The molecule has 3 rings (SSSR count). The maximum Gasteiger partial charge on any atom is 0.257 e. The van der Waals surface area contributed by atoms with Gasteiger partial charge >= 0.3 is 0 Å². The first-order valence-corrected chi connectivity index (χ1v) is 7.71. The van der Waals surface area contributed by atoms with Crippen molar-refractivity contribution in [2.75, 3.05) is 20.3 Å². The SMILES string of the molecule is COc1ccccc1OCC(=O)NCCc1ccc2nc[nH]c2c1. The molecule has 0 saturated carbocycles. The number of benzene rings is 2. The molecule has 0 bridgehead atoms. The molecule has 3 aromatic rings. The van der Waals surface area contributed by atoms with Gasteiger partial charge < -0.3 is 19.8 Å². The largest absolute Gasteiger partial charge is 0.493 e. The Hall–Kier alpha value is -3.02. The number of rotatable bonds is 7. The fourth-order valence-electron chi connectivity index (χ4n) is 2.42. The molecule has 0 unspecified atom stereocenters. The Kier molecular flexibility index (Phi) is 4.96. The Morgan fingerprint density at radius 2 is 2.04 bits per heavy atom. The molecule has 1 amide bonds. The number of carbonyl (C=O) groups is 1. The van der Waals surface area contributed by atoms with Crippen LogP contribution in [0.1, 0.15) is 5.56 Å². The Morgan fingerprint density at radius 1 is 1.21 bits per heavy atom. The van der Waals surface area contributed by atoms with E-state index in [1.165, 1.54) is 0 Å². The Labute approximate surface area is 139 Å². The molecule has 24 heavy (non-hydrogen) atoms. The van der Waals surface area contributed by atoms with E-state index in [9.17, 15) is 4.79 Å². The van der Waals surface area contributed by atoms with E-state index in [4.69, 9.17) is 9.47 Å². The summed E-state index contributed by atoms with van der Waals surface area (Å²) in [5, 5.41) is 2.85. The van der Waals surface area contributed by atoms with Crippen LogP contribution in [0.4, 0.5) is 0 Å². The molecule has 124 valence electrons. The van der Waals surface area contributed by atoms with Gasteiger partial charge in [-0.05, 0) is 36.2 Å². The lowest BCUT2D eigenvalue weighted by molar-refractivity contribution is -0.123. The molecule has 0 radical (unpaired) electrons. The fraction of sp³-hybridized carbons (Fsp3) is 0.222. The van der Waals surface area contributed by atoms with Gasteiger partial charge in [0, 0.05) is 6.54 Å². The normalized spacial score (nSPS) is 10.5. The minimum absolute atomic E-state index is 0.0417. The second kappa shape index (κ2) is 7.50. The number of para-hydroxylation sites is 2. The third-order valence-electron chi connectivity index (χ3n) is 3.65. The predicted octanol–water partition coefficient (Wildman–Crippen LogP) is 2.31. The van der Waals surface area contributed by atoms with Gasteiger partial charge in [0.05, 0.1) is 24.5 Å². The summed E-state index contributed by atoms with van der Waals surface area (Å²) in [7, 11) is 1.57. The van der Waals surface area contributed by atoms with Crippen LogP contribution in [0.2, 0.25) is 0 Å². The lowest BCUT2D eigenvalue weighted by Gasteiger charge is -2.10. The van der Waals surface area contributed by atoms with Crippen molar-refractivity contribution >= 4 is 16.9 Å². The van der Waals surface area contributed by atoms with Crippen LogP contribution in [0.25, 0.3) is 11.0 Å². The van der Waals surface area contributed by atoms with Gasteiger partial charge in [0.25, 0.3) is 5.91 Å². The van der Waals surface area contributed by atoms with Crippen LogP contribution in [-0.4, -0.2) is 36.1 Å². The standard InChI is InChI=1S/C18H19N3O3/c1-23-16-4-2-3-5-17(16)24-11-18(22)19-9-8-13-6-7-14-15(10-13)21-12-20-14/h2-7,10,12H,8-9,11H2,1H3,(H,19,22)(H,20,21). The predicted molar refractivity (Wildman–Crippen MR) is 91.3 cm³/mol. The molecule has 0 aliphatic rings. The van der Waals surface area contributed by atoms with Gasteiger partial charge in [-0.3, -0.25) is 4.79 Å². The number of ether oxygens (including phenoxy) is 2. The van der Waals surface area contributed by atoms with E-state index in [0.29, 0.717) is 18.0 Å². The van der Waals surface area contributed by atoms with Crippen molar-refractivity contribution in [3.05, 3.63) is 54.4 Å². The highest BCUT2D eigenvalue weighted by atomic mass is 16.5. The summed E-state index contributed by atoms with van der Waals surface area (Å²) < 4.78 is 10.7. The summed E-state index contributed by atoms with van der Waals surface area (Å²) in [6.07, 6.45) is 2.42. The van der Waals surface area contributed by atoms with Gasteiger partial charge in [0.2, 0.25) is 0 Å². The van der Waals surface area contributed by atoms with Crippen molar-refractivity contribution in [1.29, 1.82) is 0 Å². The summed E-state index contributed by atoms with van der Waals surface area (Å²) in [5.74, 6) is 1.00. The monoisotopic (exact) mass is 325 g/mol. The summed E-state index contributed by atoms with van der Waals surface area (Å²) >= 11 is 0. The van der Waals surface area contributed by atoms with Crippen molar-refractivity contribution in [2.45, 2.75) is 6.42 Å². The number of fused-ring (bicyclic) bond motifs is 1. The van der Waals surface area contributed by atoms with E-state index in [1.54, 1.807) is 25.6 Å². The summed E-state index contributed by atoms with van der Waals surface area (Å²) in [6, 6.07) is 13.3. The van der Waals surface area contributed by atoms with Gasteiger partial charge in [-0.1, -0.05) is 18.2 Å². The highest BCUT2D eigenvalue weighted by Crippen LogP contribution is 2.25. The molecular formula is C18H19N3O3. The molecule has 1 heterocycles. The molecule has 6 heteroatoms. The Bertz CT molecular complexity index is 829. The number of hydrogen-bond acceptors (Lipinski definition) is 4. The molecule has 2 N–H and O–H groups in total. The third kappa shape index (κ3) is 3.84. The molecule has 6 nitrogen and oxygen atoms in total. The molecule has 0 fully saturated rings. The first kappa shape index (κ1) is 15.9. The second-order valence-corrected chi connectivity index (χ2v) is 5.29. The van der Waals surface area contributed by atoms with E-state index in [2.05, 4.69) is 15.3 Å². The van der Waals surface area contributed by atoms with Crippen molar-refractivity contribution < 1.29 is 14.3 Å². The van der Waals surface area contributed by atoms with Crippen LogP contribution < -0.4 is 14.8 Å². The van der Waals surface area contributed by atoms with E-state index in [-0.39, 0.29) is 12.5 Å². The van der Waals surface area contributed by atoms with Crippen molar-refractivity contribution in [2.24, 2.45) is 0 Å². The van der Waals surface area contributed by atoms with E-state index < -0.39 is 0 Å². The van der Waals surface area contributed by atoms with Crippen molar-refractivity contribution in [1.82, 2.24) is 15.3 Å². The Balaban J connectivity index is 1.45. The Morgan fingerprint density at radius 3 is 2.88 bits per heavy atom. The number of nitrogens with one attached hydrogen (secondary N) is 2. The van der Waals surface area contributed by atoms with Crippen LogP contribution in [-0.2, 0) is 11.2 Å². The number of H-pyrrole nitrogens is 1. The van der Waals surface area contributed by atoms with Crippen LogP contribution in [0.15, 0.2) is 48.8 Å². The first-order valence-electron chi connectivity index (χ1n) is 7.71. The maximum atomic E-state index is 11.9. The number of aromatic nitrogens is 2. The quantitative estimate of drug-likeness (QED) is 0.699. The second-order valence-electron chi connectivity index (χ2n) is 5.29. The van der Waals surface area contributed by atoms with Gasteiger partial charge in [0.15, 0.2) is 18.1 Å². The molecule has 1 aromatic heterocycles. The van der Waals surface area contributed by atoms with E-state index in [0.717, 1.165) is 23.0 Å². The van der Waals surface area contributed by atoms with Crippen molar-refractivity contribution in [3.8, 4) is 11.5 Å². The zero-order valence-electron chi connectivity index (χ0n) is 13.4. The molecule has 0 spiro atoms. The van der Waals surface area contributed by atoms with Crippen LogP contribution >= 0.6 is 0 Å². The molecule has 0 aliphatic heterocycles. The van der Waals surface area contributed by atoms with Crippen LogP contribution in [0.5, 0.6) is 11.5 Å².